The van der Waals surface area contributed by atoms with Gasteiger partial charge in [0.15, 0.2) is 0 Å². The molecule has 1 rings (SSSR count). The molecule has 94 valence electrons. The first-order valence-electron chi connectivity index (χ1n) is 5.14. The van der Waals surface area contributed by atoms with Crippen molar-refractivity contribution < 1.29 is 9.59 Å². The van der Waals surface area contributed by atoms with Crippen molar-refractivity contribution in [1.29, 1.82) is 0 Å². The van der Waals surface area contributed by atoms with Gasteiger partial charge in [0, 0.05) is 20.6 Å². The summed E-state index contributed by atoms with van der Waals surface area (Å²) < 4.78 is 1.53. The highest BCUT2D eigenvalue weighted by Crippen LogP contribution is 2.16. The van der Waals surface area contributed by atoms with Gasteiger partial charge in [0.2, 0.25) is 5.91 Å². The van der Waals surface area contributed by atoms with Gasteiger partial charge in [0.1, 0.15) is 11.6 Å². The molecule has 0 atom stereocenters. The maximum atomic E-state index is 12.0. The van der Waals surface area contributed by atoms with Crippen LogP contribution in [0.3, 0.4) is 0 Å². The molecular weight excluding hydrogens is 244 g/mol. The Balaban J connectivity index is 3.10. The van der Waals surface area contributed by atoms with E-state index in [0.717, 1.165) is 0 Å². The summed E-state index contributed by atoms with van der Waals surface area (Å²) in [6, 6.07) is 0. The monoisotopic (exact) mass is 258 g/mol. The highest BCUT2D eigenvalue weighted by atomic mass is 35.5. The third-order valence-corrected chi connectivity index (χ3v) is 2.39. The second kappa shape index (κ2) is 5.67. The lowest BCUT2D eigenvalue weighted by molar-refractivity contribution is -0.113. The highest BCUT2D eigenvalue weighted by molar-refractivity contribution is 6.29. The Morgan fingerprint density at radius 2 is 2.18 bits per heavy atom. The van der Waals surface area contributed by atoms with Gasteiger partial charge < -0.3 is 10.2 Å². The van der Waals surface area contributed by atoms with Gasteiger partial charge in [0.05, 0.1) is 11.9 Å². The molecule has 0 radical (unpaired) electrons. The van der Waals surface area contributed by atoms with Crippen LogP contribution in [0.15, 0.2) is 6.20 Å². The molecule has 0 aliphatic rings. The molecule has 0 aliphatic heterocycles. The fraction of sp³-hybridized carbons (Fsp3) is 0.500. The van der Waals surface area contributed by atoms with Gasteiger partial charge in [-0.3, -0.25) is 14.3 Å². The van der Waals surface area contributed by atoms with Crippen molar-refractivity contribution in [1.82, 2.24) is 14.7 Å². The summed E-state index contributed by atoms with van der Waals surface area (Å²) in [5.41, 5.74) is 0.743. The van der Waals surface area contributed by atoms with Crippen LogP contribution >= 0.6 is 11.6 Å². The molecule has 17 heavy (non-hydrogen) atoms. The summed E-state index contributed by atoms with van der Waals surface area (Å²) in [6.45, 7) is 2.41. The van der Waals surface area contributed by atoms with Crippen molar-refractivity contribution in [2.75, 3.05) is 25.3 Å². The van der Waals surface area contributed by atoms with E-state index in [1.54, 1.807) is 14.1 Å². The SMILES string of the molecule is CCn1ncc(NC(=O)CCl)c1C(=O)N(C)C. The molecule has 0 fully saturated rings. The number of carbonyl (C=O) groups is 2. The maximum absolute atomic E-state index is 12.0. The lowest BCUT2D eigenvalue weighted by Crippen LogP contribution is -2.26. The summed E-state index contributed by atoms with van der Waals surface area (Å²) in [5.74, 6) is -0.739. The maximum Gasteiger partial charge on any atom is 0.273 e. The molecule has 0 aromatic carbocycles. The lowest BCUT2D eigenvalue weighted by Gasteiger charge is -2.13. The summed E-state index contributed by atoms with van der Waals surface area (Å²) in [5, 5.41) is 6.59. The quantitative estimate of drug-likeness (QED) is 0.812. The van der Waals surface area contributed by atoms with Crippen LogP contribution in [0, 0.1) is 0 Å². The molecule has 0 bridgehead atoms. The van der Waals surface area contributed by atoms with Crippen LogP contribution in [-0.4, -0.2) is 46.5 Å². The second-order valence-electron chi connectivity index (χ2n) is 3.60. The molecule has 2 amide bonds. The van der Waals surface area contributed by atoms with Gasteiger partial charge in [-0.25, -0.2) is 0 Å². The van der Waals surface area contributed by atoms with Crippen molar-refractivity contribution in [3.63, 3.8) is 0 Å². The fourth-order valence-corrected chi connectivity index (χ4v) is 1.40. The molecule has 1 aromatic heterocycles. The smallest absolute Gasteiger partial charge is 0.273 e. The molecule has 0 saturated heterocycles. The predicted molar refractivity (Wildman–Crippen MR) is 65.3 cm³/mol. The van der Waals surface area contributed by atoms with Crippen LogP contribution in [0.2, 0.25) is 0 Å². The van der Waals surface area contributed by atoms with Crippen molar-refractivity contribution >= 4 is 29.1 Å². The van der Waals surface area contributed by atoms with Crippen LogP contribution in [0.5, 0.6) is 0 Å². The molecule has 6 nitrogen and oxygen atoms in total. The normalized spacial score (nSPS) is 10.1. The number of alkyl halides is 1. The summed E-state index contributed by atoms with van der Waals surface area (Å²) in [6.07, 6.45) is 1.45. The fourth-order valence-electron chi connectivity index (χ4n) is 1.34. The largest absolute Gasteiger partial charge is 0.343 e. The number of hydrogen-bond acceptors (Lipinski definition) is 3. The zero-order chi connectivity index (χ0) is 13.0. The van der Waals surface area contributed by atoms with E-state index >= 15 is 0 Å². The van der Waals surface area contributed by atoms with E-state index in [2.05, 4.69) is 10.4 Å². The molecular formula is C10H15ClN4O2. The van der Waals surface area contributed by atoms with Crippen molar-refractivity contribution in [2.45, 2.75) is 13.5 Å². The van der Waals surface area contributed by atoms with Crippen LogP contribution in [-0.2, 0) is 11.3 Å². The number of amides is 2. The van der Waals surface area contributed by atoms with E-state index in [0.29, 0.717) is 17.9 Å². The number of nitrogens with one attached hydrogen (secondary N) is 1. The number of halogens is 1. The van der Waals surface area contributed by atoms with Crippen LogP contribution in [0.25, 0.3) is 0 Å². The van der Waals surface area contributed by atoms with Crippen molar-refractivity contribution in [3.05, 3.63) is 11.9 Å². The average molecular weight is 259 g/mol. The van der Waals surface area contributed by atoms with Crippen molar-refractivity contribution in [2.24, 2.45) is 0 Å². The third-order valence-electron chi connectivity index (χ3n) is 2.14. The molecule has 0 saturated carbocycles. The Hall–Kier alpha value is -1.56. The first kappa shape index (κ1) is 13.5. The summed E-state index contributed by atoms with van der Waals surface area (Å²) >= 11 is 5.40. The minimum Gasteiger partial charge on any atom is -0.343 e. The van der Waals surface area contributed by atoms with E-state index in [1.165, 1.54) is 15.8 Å². The molecule has 0 unspecified atom stereocenters. The first-order valence-corrected chi connectivity index (χ1v) is 5.68. The molecule has 1 heterocycles. The van der Waals surface area contributed by atoms with E-state index in [-0.39, 0.29) is 17.7 Å². The summed E-state index contributed by atoms with van der Waals surface area (Å²) in [4.78, 5) is 24.6. The molecule has 0 aliphatic carbocycles. The van der Waals surface area contributed by atoms with E-state index < -0.39 is 0 Å². The number of aryl methyl sites for hydroxylation is 1. The zero-order valence-corrected chi connectivity index (χ0v) is 10.8. The molecule has 7 heteroatoms. The number of anilines is 1. The Kier molecular flexibility index (Phi) is 4.51. The Morgan fingerprint density at radius 3 is 2.65 bits per heavy atom. The number of aromatic nitrogens is 2. The van der Waals surface area contributed by atoms with Gasteiger partial charge in [-0.2, -0.15) is 5.10 Å². The average Bonchev–Trinajstić information content (AvgIpc) is 2.70. The topological polar surface area (TPSA) is 67.2 Å². The number of hydrogen-bond donors (Lipinski definition) is 1. The first-order chi connectivity index (χ1) is 8.01. The lowest BCUT2D eigenvalue weighted by atomic mass is 10.3. The summed E-state index contributed by atoms with van der Waals surface area (Å²) in [7, 11) is 3.28. The van der Waals surface area contributed by atoms with E-state index in [1.807, 2.05) is 6.92 Å². The minimum atomic E-state index is -0.366. The van der Waals surface area contributed by atoms with E-state index in [9.17, 15) is 9.59 Å². The van der Waals surface area contributed by atoms with E-state index in [4.69, 9.17) is 11.6 Å². The highest BCUT2D eigenvalue weighted by Gasteiger charge is 2.20. The minimum absolute atomic E-state index is 0.160. The standard InChI is InChI=1S/C10H15ClN4O2/c1-4-15-9(10(17)14(2)3)7(6-12-15)13-8(16)5-11/h6H,4-5H2,1-3H3,(H,13,16). The van der Waals surface area contributed by atoms with Gasteiger partial charge in [0.25, 0.3) is 5.91 Å². The third kappa shape index (κ3) is 2.97. The number of nitrogens with zero attached hydrogens (tertiary/aromatic N) is 3. The van der Waals surface area contributed by atoms with Crippen LogP contribution < -0.4 is 5.32 Å². The number of carbonyl (C=O) groups excluding carboxylic acids is 2. The number of rotatable bonds is 4. The molecule has 1 N–H and O–H groups in total. The zero-order valence-electron chi connectivity index (χ0n) is 10.0. The van der Waals surface area contributed by atoms with Crippen molar-refractivity contribution in [3.8, 4) is 0 Å². The molecule has 1 aromatic rings. The van der Waals surface area contributed by atoms with Gasteiger partial charge in [-0.1, -0.05) is 0 Å². The molecule has 0 spiro atoms. The Labute approximate surface area is 105 Å². The van der Waals surface area contributed by atoms with Gasteiger partial charge in [-0.15, -0.1) is 11.6 Å². The van der Waals surface area contributed by atoms with Crippen LogP contribution in [0.1, 0.15) is 17.4 Å². The Morgan fingerprint density at radius 1 is 1.53 bits per heavy atom. The van der Waals surface area contributed by atoms with Gasteiger partial charge >= 0.3 is 0 Å². The Bertz CT molecular complexity index is 428. The van der Waals surface area contributed by atoms with Gasteiger partial charge in [-0.05, 0) is 6.92 Å². The van der Waals surface area contributed by atoms with Crippen LogP contribution in [0.4, 0.5) is 5.69 Å². The second-order valence-corrected chi connectivity index (χ2v) is 3.87. The predicted octanol–water partition coefficient (Wildman–Crippen LogP) is 0.782.